The molecule has 27 heavy (non-hydrogen) atoms. The summed E-state index contributed by atoms with van der Waals surface area (Å²) in [4.78, 5) is 17.4. The Morgan fingerprint density at radius 1 is 1.07 bits per heavy atom. The molecule has 1 amide bonds. The number of aryl methyl sites for hydroxylation is 3. The van der Waals surface area contributed by atoms with Crippen molar-refractivity contribution in [3.05, 3.63) is 75.4 Å². The zero-order valence-electron chi connectivity index (χ0n) is 16.2. The maximum Gasteiger partial charge on any atom is 0.248 e. The van der Waals surface area contributed by atoms with Crippen LogP contribution in [0.25, 0.3) is 10.4 Å². The van der Waals surface area contributed by atoms with Crippen molar-refractivity contribution in [2.75, 3.05) is 0 Å². The van der Waals surface area contributed by atoms with E-state index in [9.17, 15) is 4.79 Å². The van der Waals surface area contributed by atoms with E-state index in [0.717, 1.165) is 39.5 Å². The predicted octanol–water partition coefficient (Wildman–Crippen LogP) is 5.46. The average molecular weight is 379 g/mol. The van der Waals surface area contributed by atoms with Gasteiger partial charge in [-0.05, 0) is 61.1 Å². The first-order valence-corrected chi connectivity index (χ1v) is 10.2. The molecule has 0 radical (unpaired) electrons. The van der Waals surface area contributed by atoms with Gasteiger partial charge in [0.25, 0.3) is 0 Å². The Morgan fingerprint density at radius 3 is 2.41 bits per heavy atom. The lowest BCUT2D eigenvalue weighted by atomic mass is 10.0. The number of unbranched alkanes of at least 4 members (excludes halogenated alkanes) is 1. The van der Waals surface area contributed by atoms with Gasteiger partial charge >= 0.3 is 0 Å². The Hall–Kier alpha value is -2.46. The number of rotatable bonds is 7. The van der Waals surface area contributed by atoms with Crippen LogP contribution in [0.1, 0.15) is 57.5 Å². The first kappa shape index (κ1) is 19.3. The second kappa shape index (κ2) is 8.49. The van der Waals surface area contributed by atoms with Crippen LogP contribution in [0.4, 0.5) is 0 Å². The van der Waals surface area contributed by atoms with Gasteiger partial charge in [0.15, 0.2) is 0 Å². The number of nitrogens with zero attached hydrogens (tertiary/aromatic N) is 1. The smallest absolute Gasteiger partial charge is 0.248 e. The summed E-state index contributed by atoms with van der Waals surface area (Å²) < 4.78 is 0. The summed E-state index contributed by atoms with van der Waals surface area (Å²) in [5, 5.41) is 1.11. The van der Waals surface area contributed by atoms with E-state index in [2.05, 4.69) is 31.2 Å². The lowest BCUT2D eigenvalue weighted by Gasteiger charge is -2.05. The highest BCUT2D eigenvalue weighted by atomic mass is 32.1. The molecule has 0 saturated heterocycles. The summed E-state index contributed by atoms with van der Waals surface area (Å²) in [5.41, 5.74) is 11.7. The highest BCUT2D eigenvalue weighted by Crippen LogP contribution is 2.32. The van der Waals surface area contributed by atoms with Gasteiger partial charge < -0.3 is 5.73 Å². The average Bonchev–Trinajstić information content (AvgIpc) is 3.01. The number of aromatic nitrogens is 1. The van der Waals surface area contributed by atoms with Gasteiger partial charge in [-0.25, -0.2) is 4.98 Å². The van der Waals surface area contributed by atoms with Crippen LogP contribution in [0.3, 0.4) is 0 Å². The Morgan fingerprint density at radius 2 is 1.78 bits per heavy atom. The molecule has 3 rings (SSSR count). The molecule has 140 valence electrons. The molecular weight excluding hydrogens is 352 g/mol. The minimum absolute atomic E-state index is 0.386. The van der Waals surface area contributed by atoms with Crippen molar-refractivity contribution < 1.29 is 4.79 Å². The third-order valence-electron chi connectivity index (χ3n) is 4.79. The zero-order chi connectivity index (χ0) is 19.4. The predicted molar refractivity (Wildman–Crippen MR) is 113 cm³/mol. The zero-order valence-corrected chi connectivity index (χ0v) is 17.0. The molecule has 0 aliphatic rings. The Kier molecular flexibility index (Phi) is 6.07. The van der Waals surface area contributed by atoms with Gasteiger partial charge in [0, 0.05) is 12.0 Å². The van der Waals surface area contributed by atoms with Gasteiger partial charge in [-0.1, -0.05) is 43.7 Å². The van der Waals surface area contributed by atoms with Crippen molar-refractivity contribution in [1.29, 1.82) is 0 Å². The second-order valence-electron chi connectivity index (χ2n) is 7.01. The summed E-state index contributed by atoms with van der Waals surface area (Å²) in [6.45, 7) is 6.18. The molecule has 0 saturated carbocycles. The normalized spacial score (nSPS) is 10.9. The second-order valence-corrected chi connectivity index (χ2v) is 8.10. The van der Waals surface area contributed by atoms with Crippen molar-refractivity contribution in [2.45, 2.75) is 46.5 Å². The van der Waals surface area contributed by atoms with E-state index >= 15 is 0 Å². The van der Waals surface area contributed by atoms with E-state index in [4.69, 9.17) is 10.7 Å². The van der Waals surface area contributed by atoms with Crippen LogP contribution in [-0.4, -0.2) is 10.9 Å². The largest absolute Gasteiger partial charge is 0.366 e. The minimum Gasteiger partial charge on any atom is -0.366 e. The fourth-order valence-electron chi connectivity index (χ4n) is 3.26. The first-order chi connectivity index (χ1) is 13.0. The van der Waals surface area contributed by atoms with Crippen LogP contribution in [-0.2, 0) is 12.8 Å². The quantitative estimate of drug-likeness (QED) is 0.593. The standard InChI is InChI=1S/C23H26N2OS/c1-4-5-6-17-7-9-18(10-8-17)14-21-25-16(3)22(27-21)19-11-12-20(23(24)26)15(2)13-19/h7-13H,4-6,14H2,1-3H3,(H2,24,26). The molecular formula is C23H26N2OS. The van der Waals surface area contributed by atoms with E-state index in [1.807, 2.05) is 26.0 Å². The van der Waals surface area contributed by atoms with E-state index in [-0.39, 0.29) is 5.91 Å². The molecule has 0 aliphatic carbocycles. The third-order valence-corrected chi connectivity index (χ3v) is 6.00. The number of thiazole rings is 1. The van der Waals surface area contributed by atoms with E-state index in [1.54, 1.807) is 17.4 Å². The van der Waals surface area contributed by atoms with Crippen LogP contribution < -0.4 is 5.73 Å². The number of amides is 1. The number of primary amides is 1. The number of hydrogen-bond donors (Lipinski definition) is 1. The van der Waals surface area contributed by atoms with Gasteiger partial charge in [0.2, 0.25) is 5.91 Å². The topological polar surface area (TPSA) is 56.0 Å². The van der Waals surface area contributed by atoms with Crippen LogP contribution in [0.5, 0.6) is 0 Å². The summed E-state index contributed by atoms with van der Waals surface area (Å²) in [6, 6.07) is 14.7. The van der Waals surface area contributed by atoms with E-state index in [0.29, 0.717) is 5.56 Å². The summed E-state index contributed by atoms with van der Waals surface area (Å²) in [6.07, 6.45) is 4.46. The van der Waals surface area contributed by atoms with Gasteiger partial charge in [-0.2, -0.15) is 0 Å². The van der Waals surface area contributed by atoms with Gasteiger partial charge in [-0.3, -0.25) is 4.79 Å². The number of benzene rings is 2. The molecule has 4 heteroatoms. The molecule has 0 unspecified atom stereocenters. The van der Waals surface area contributed by atoms with E-state index < -0.39 is 0 Å². The molecule has 0 spiro atoms. The summed E-state index contributed by atoms with van der Waals surface area (Å²) >= 11 is 1.72. The molecule has 3 nitrogen and oxygen atoms in total. The third kappa shape index (κ3) is 4.64. The highest BCUT2D eigenvalue weighted by Gasteiger charge is 2.13. The fourth-order valence-corrected chi connectivity index (χ4v) is 4.35. The molecule has 0 bridgehead atoms. The van der Waals surface area contributed by atoms with Crippen LogP contribution in [0.2, 0.25) is 0 Å². The SMILES string of the molecule is CCCCc1ccc(Cc2nc(C)c(-c3ccc(C(N)=O)c(C)c3)s2)cc1. The monoisotopic (exact) mass is 378 g/mol. The Bertz CT molecular complexity index is 942. The summed E-state index contributed by atoms with van der Waals surface area (Å²) in [7, 11) is 0. The van der Waals surface area contributed by atoms with E-state index in [1.165, 1.54) is 24.0 Å². The first-order valence-electron chi connectivity index (χ1n) is 9.43. The molecule has 2 aromatic carbocycles. The number of nitrogens with two attached hydrogens (primary N) is 1. The molecule has 1 heterocycles. The van der Waals surface area contributed by atoms with Gasteiger partial charge in [0.05, 0.1) is 15.6 Å². The van der Waals surface area contributed by atoms with Crippen molar-refractivity contribution in [3.8, 4) is 10.4 Å². The highest BCUT2D eigenvalue weighted by molar-refractivity contribution is 7.15. The lowest BCUT2D eigenvalue weighted by molar-refractivity contribution is 0.0999. The molecule has 0 aliphatic heterocycles. The molecule has 1 aromatic heterocycles. The van der Waals surface area contributed by atoms with Crippen LogP contribution >= 0.6 is 11.3 Å². The summed E-state index contributed by atoms with van der Waals surface area (Å²) in [5.74, 6) is -0.386. The van der Waals surface area contributed by atoms with Crippen molar-refractivity contribution in [1.82, 2.24) is 4.98 Å². The maximum absolute atomic E-state index is 11.4. The molecule has 3 aromatic rings. The number of carbonyl (C=O) groups excluding carboxylic acids is 1. The molecule has 0 atom stereocenters. The Labute approximate surface area is 165 Å². The van der Waals surface area contributed by atoms with Crippen molar-refractivity contribution in [2.24, 2.45) is 5.73 Å². The number of carbonyl (C=O) groups is 1. The van der Waals surface area contributed by atoms with Crippen molar-refractivity contribution >= 4 is 17.2 Å². The Balaban J connectivity index is 1.78. The minimum atomic E-state index is -0.386. The lowest BCUT2D eigenvalue weighted by Crippen LogP contribution is -2.12. The maximum atomic E-state index is 11.4. The van der Waals surface area contributed by atoms with Gasteiger partial charge in [-0.15, -0.1) is 11.3 Å². The van der Waals surface area contributed by atoms with Crippen LogP contribution in [0.15, 0.2) is 42.5 Å². The molecule has 0 fully saturated rings. The fraction of sp³-hybridized carbons (Fsp3) is 0.304. The number of hydrogen-bond acceptors (Lipinski definition) is 3. The van der Waals surface area contributed by atoms with Gasteiger partial charge in [0.1, 0.15) is 0 Å². The van der Waals surface area contributed by atoms with Crippen molar-refractivity contribution in [3.63, 3.8) is 0 Å². The molecule has 2 N–H and O–H groups in total. The van der Waals surface area contributed by atoms with Crippen LogP contribution in [0, 0.1) is 13.8 Å².